The zero-order valence-corrected chi connectivity index (χ0v) is 16.1. The lowest BCUT2D eigenvalue weighted by atomic mass is 9.46. The van der Waals surface area contributed by atoms with Gasteiger partial charge in [-0.15, -0.1) is 0 Å². The summed E-state index contributed by atoms with van der Waals surface area (Å²) in [6, 6.07) is 0. The highest BCUT2D eigenvalue weighted by Crippen LogP contribution is 2.65. The molecule has 150 valence electrons. The van der Waals surface area contributed by atoms with Crippen molar-refractivity contribution in [3.05, 3.63) is 11.3 Å². The maximum atomic E-state index is 13.2. The highest BCUT2D eigenvalue weighted by atomic mass is 16.5. The Kier molecular flexibility index (Phi) is 4.52. The third-order valence-corrected chi connectivity index (χ3v) is 8.24. The van der Waals surface area contributed by atoms with E-state index >= 15 is 0 Å². The van der Waals surface area contributed by atoms with Crippen molar-refractivity contribution < 1.29 is 29.6 Å². The van der Waals surface area contributed by atoms with Gasteiger partial charge in [0.1, 0.15) is 11.9 Å². The average Bonchev–Trinajstić information content (AvgIpc) is 2.92. The van der Waals surface area contributed by atoms with E-state index in [9.17, 15) is 24.9 Å². The van der Waals surface area contributed by atoms with E-state index in [-0.39, 0.29) is 47.4 Å². The van der Waals surface area contributed by atoms with Crippen LogP contribution >= 0.6 is 0 Å². The number of hydrogen-bond donors (Lipinski definition) is 3. The number of ether oxygens (including phenoxy) is 1. The third kappa shape index (κ3) is 2.56. The Hall–Kier alpha value is -1.24. The lowest BCUT2D eigenvalue weighted by Gasteiger charge is -2.58. The van der Waals surface area contributed by atoms with E-state index in [1.54, 1.807) is 0 Å². The van der Waals surface area contributed by atoms with Gasteiger partial charge in [-0.3, -0.25) is 9.59 Å². The predicted octanol–water partition coefficient (Wildman–Crippen LogP) is 1.71. The topological polar surface area (TPSA) is 104 Å². The maximum absolute atomic E-state index is 13.2. The average molecular weight is 378 g/mol. The molecule has 0 aromatic heterocycles. The molecule has 0 aromatic carbocycles. The number of rotatable bonds is 2. The first kappa shape index (κ1) is 19.1. The normalized spacial score (nSPS) is 46.6. The summed E-state index contributed by atoms with van der Waals surface area (Å²) in [5.74, 6) is -0.119. The number of carbonyl (C=O) groups excluding carboxylic acids is 2. The van der Waals surface area contributed by atoms with Gasteiger partial charge in [-0.2, -0.15) is 0 Å². The Morgan fingerprint density at radius 1 is 1.15 bits per heavy atom. The molecule has 27 heavy (non-hydrogen) atoms. The van der Waals surface area contributed by atoms with Crippen LogP contribution in [0, 0.1) is 28.6 Å². The molecule has 0 aromatic rings. The summed E-state index contributed by atoms with van der Waals surface area (Å²) in [7, 11) is 0. The number of ketones is 1. The largest absolute Gasteiger partial charge is 0.428 e. The van der Waals surface area contributed by atoms with E-state index in [1.807, 2.05) is 0 Å². The fraction of sp³-hybridized carbons (Fsp3) is 0.810. The Morgan fingerprint density at radius 3 is 2.56 bits per heavy atom. The summed E-state index contributed by atoms with van der Waals surface area (Å²) in [5.41, 5.74) is -0.562. The van der Waals surface area contributed by atoms with Gasteiger partial charge in [0.15, 0.2) is 5.78 Å². The first-order valence-corrected chi connectivity index (χ1v) is 10.2. The molecule has 0 heterocycles. The molecule has 6 nitrogen and oxygen atoms in total. The second-order valence-electron chi connectivity index (χ2n) is 9.34. The second-order valence-corrected chi connectivity index (χ2v) is 9.34. The minimum Gasteiger partial charge on any atom is -0.428 e. The molecule has 3 N–H and O–H groups in total. The van der Waals surface area contributed by atoms with Crippen LogP contribution in [0.2, 0.25) is 0 Å². The minimum atomic E-state index is -0.980. The van der Waals surface area contributed by atoms with Gasteiger partial charge in [0.2, 0.25) is 0 Å². The zero-order valence-electron chi connectivity index (χ0n) is 16.1. The summed E-state index contributed by atoms with van der Waals surface area (Å²) in [6.07, 6.45) is 3.29. The molecule has 0 aliphatic heterocycles. The lowest BCUT2D eigenvalue weighted by Crippen LogP contribution is -2.56. The van der Waals surface area contributed by atoms with Gasteiger partial charge in [0, 0.05) is 24.3 Å². The molecule has 7 atom stereocenters. The van der Waals surface area contributed by atoms with E-state index < -0.39 is 17.5 Å². The van der Waals surface area contributed by atoms with Crippen molar-refractivity contribution in [1.82, 2.24) is 0 Å². The number of aliphatic hydroxyl groups is 3. The number of Topliss-reactive ketones (excluding diaryl/α,β-unsaturated/α-hetero) is 1. The summed E-state index contributed by atoms with van der Waals surface area (Å²) >= 11 is 0. The molecule has 0 bridgehead atoms. The monoisotopic (exact) mass is 378 g/mol. The van der Waals surface area contributed by atoms with Crippen LogP contribution in [0.25, 0.3) is 0 Å². The lowest BCUT2D eigenvalue weighted by molar-refractivity contribution is -0.144. The summed E-state index contributed by atoms with van der Waals surface area (Å²) in [5, 5.41) is 31.4. The predicted molar refractivity (Wildman–Crippen MR) is 96.2 cm³/mol. The van der Waals surface area contributed by atoms with Crippen LogP contribution in [0.15, 0.2) is 11.3 Å². The number of esters is 1. The Balaban J connectivity index is 1.80. The molecule has 0 saturated heterocycles. The van der Waals surface area contributed by atoms with Crippen LogP contribution in [-0.2, 0) is 14.3 Å². The molecule has 4 aliphatic rings. The number of hydrogen-bond acceptors (Lipinski definition) is 6. The molecule has 3 saturated carbocycles. The fourth-order valence-electron chi connectivity index (χ4n) is 6.94. The van der Waals surface area contributed by atoms with Crippen molar-refractivity contribution in [3.8, 4) is 0 Å². The Morgan fingerprint density at radius 2 is 1.89 bits per heavy atom. The van der Waals surface area contributed by atoms with E-state index in [0.29, 0.717) is 24.8 Å². The van der Waals surface area contributed by atoms with Crippen molar-refractivity contribution in [2.75, 3.05) is 6.61 Å². The zero-order chi connectivity index (χ0) is 19.6. The van der Waals surface area contributed by atoms with Gasteiger partial charge in [-0.1, -0.05) is 6.92 Å². The van der Waals surface area contributed by atoms with Crippen LogP contribution < -0.4 is 0 Å². The first-order chi connectivity index (χ1) is 12.7. The Bertz CT molecular complexity index is 699. The standard InChI is InChI=1S/C21H30O6/c1-11(23)27-19-15(24)6-8-21(10-22)14-5-7-20(2)13(3-4-17(20)26)12(14)9-16(25)18(19)21/h12-15,17,22,24,26H,3-10H2,1-2H3/t12-,13-,14-,15-,17-,20-,21-/m0/s1. The van der Waals surface area contributed by atoms with Gasteiger partial charge >= 0.3 is 5.97 Å². The van der Waals surface area contributed by atoms with Crippen LogP contribution in [0.1, 0.15) is 58.8 Å². The van der Waals surface area contributed by atoms with Gasteiger partial charge < -0.3 is 20.1 Å². The molecular weight excluding hydrogens is 348 g/mol. The number of fused-ring (bicyclic) bond motifs is 5. The van der Waals surface area contributed by atoms with E-state index in [1.165, 1.54) is 6.92 Å². The molecular formula is C21H30O6. The number of aliphatic hydroxyl groups excluding tert-OH is 3. The summed E-state index contributed by atoms with van der Waals surface area (Å²) < 4.78 is 5.29. The van der Waals surface area contributed by atoms with E-state index in [0.717, 1.165) is 25.7 Å². The second kappa shape index (κ2) is 6.39. The SMILES string of the molecule is CC(=O)OC1=C2C(=O)C[C@@H]3[C@H](CC[C@]4(C)[C@@H](O)CC[C@@H]34)[C@@]2(CO)CC[C@@H]1O. The minimum absolute atomic E-state index is 0.0611. The van der Waals surface area contributed by atoms with E-state index in [2.05, 4.69) is 6.92 Å². The van der Waals surface area contributed by atoms with Crippen molar-refractivity contribution >= 4 is 11.8 Å². The molecule has 0 spiro atoms. The van der Waals surface area contributed by atoms with Crippen LogP contribution in [0.3, 0.4) is 0 Å². The van der Waals surface area contributed by atoms with Crippen molar-refractivity contribution in [3.63, 3.8) is 0 Å². The van der Waals surface area contributed by atoms with Crippen molar-refractivity contribution in [2.24, 2.45) is 28.6 Å². The molecule has 0 amide bonds. The Labute approximate surface area is 159 Å². The highest BCUT2D eigenvalue weighted by Gasteiger charge is 2.63. The van der Waals surface area contributed by atoms with Crippen LogP contribution in [-0.4, -0.2) is 45.9 Å². The van der Waals surface area contributed by atoms with Gasteiger partial charge in [0.25, 0.3) is 0 Å². The maximum Gasteiger partial charge on any atom is 0.307 e. The quantitative estimate of drug-likeness (QED) is 0.632. The van der Waals surface area contributed by atoms with Gasteiger partial charge in [-0.25, -0.2) is 0 Å². The molecule has 4 aliphatic carbocycles. The van der Waals surface area contributed by atoms with Crippen LogP contribution in [0.4, 0.5) is 0 Å². The smallest absolute Gasteiger partial charge is 0.307 e. The highest BCUT2D eigenvalue weighted by molar-refractivity contribution is 5.99. The van der Waals surface area contributed by atoms with Gasteiger partial charge in [0.05, 0.1) is 12.7 Å². The molecule has 3 fully saturated rings. The summed E-state index contributed by atoms with van der Waals surface area (Å²) in [4.78, 5) is 24.8. The van der Waals surface area contributed by atoms with Gasteiger partial charge in [-0.05, 0) is 61.7 Å². The van der Waals surface area contributed by atoms with E-state index in [4.69, 9.17) is 4.74 Å². The molecule has 4 rings (SSSR count). The van der Waals surface area contributed by atoms with Crippen LogP contribution in [0.5, 0.6) is 0 Å². The van der Waals surface area contributed by atoms with Crippen molar-refractivity contribution in [2.45, 2.75) is 71.0 Å². The fourth-order valence-corrected chi connectivity index (χ4v) is 6.94. The summed E-state index contributed by atoms with van der Waals surface area (Å²) in [6.45, 7) is 3.22. The molecule has 0 unspecified atom stereocenters. The third-order valence-electron chi connectivity index (χ3n) is 8.24. The molecule has 0 radical (unpaired) electrons. The molecule has 6 heteroatoms. The first-order valence-electron chi connectivity index (χ1n) is 10.2. The van der Waals surface area contributed by atoms with Crippen molar-refractivity contribution in [1.29, 1.82) is 0 Å². The number of carbonyl (C=O) groups is 2.